The molecule has 1 atom stereocenters. The van der Waals surface area contributed by atoms with E-state index >= 15 is 0 Å². The van der Waals surface area contributed by atoms with Crippen molar-refractivity contribution < 1.29 is 9.53 Å². The Balaban J connectivity index is 3.87. The Hall–Kier alpha value is 1.14. The van der Waals surface area contributed by atoms with E-state index in [2.05, 4.69) is 4.74 Å². The van der Waals surface area contributed by atoms with Gasteiger partial charge in [-0.1, -0.05) is 0 Å². The standard InChI is InChI=1S/C5H9O2.3ClH.Sn/c1-3-4-5(6)7-2;;;;/h3H,4H2,1-2H3;3*1H;/q;;;;+3/p-3. The van der Waals surface area contributed by atoms with Gasteiger partial charge in [0.05, 0.1) is 0 Å². The van der Waals surface area contributed by atoms with Crippen molar-refractivity contribution in [2.24, 2.45) is 0 Å². The molecule has 0 spiro atoms. The first-order chi connectivity index (χ1) is 4.88. The molecule has 0 heterocycles. The van der Waals surface area contributed by atoms with Gasteiger partial charge in [-0.3, -0.25) is 0 Å². The molecule has 0 bridgehead atoms. The van der Waals surface area contributed by atoms with E-state index in [1.54, 1.807) is 6.92 Å². The fourth-order valence-electron chi connectivity index (χ4n) is 0.449. The number of esters is 1. The third kappa shape index (κ3) is 5.39. The minimum absolute atomic E-state index is 0.123. The van der Waals surface area contributed by atoms with Crippen LogP contribution in [0.4, 0.5) is 0 Å². The number of halogens is 3. The number of carbonyl (C=O) groups excluding carboxylic acids is 1. The predicted octanol–water partition coefficient (Wildman–Crippen LogP) is 2.59. The van der Waals surface area contributed by atoms with E-state index < -0.39 is 15.0 Å². The van der Waals surface area contributed by atoms with Gasteiger partial charge in [-0.2, -0.15) is 0 Å². The van der Waals surface area contributed by atoms with E-state index in [-0.39, 0.29) is 16.3 Å². The number of hydrogen-bond acceptors (Lipinski definition) is 2. The Morgan fingerprint density at radius 2 is 2.00 bits per heavy atom. The van der Waals surface area contributed by atoms with Crippen LogP contribution < -0.4 is 0 Å². The predicted molar refractivity (Wildman–Crippen MR) is 49.4 cm³/mol. The monoisotopic (exact) mass is 326 g/mol. The zero-order chi connectivity index (χ0) is 9.07. The fourth-order valence-corrected chi connectivity index (χ4v) is 3.14. The van der Waals surface area contributed by atoms with Crippen LogP contribution in [0.1, 0.15) is 13.3 Å². The number of rotatable bonds is 3. The summed E-state index contributed by atoms with van der Waals surface area (Å²) in [6.45, 7) is 1.76. The van der Waals surface area contributed by atoms with Crippen molar-refractivity contribution in [3.05, 3.63) is 0 Å². The Labute approximate surface area is 81.2 Å². The molecule has 6 heteroatoms. The van der Waals surface area contributed by atoms with Gasteiger partial charge in [-0.15, -0.1) is 0 Å². The molecule has 2 nitrogen and oxygen atoms in total. The van der Waals surface area contributed by atoms with Crippen molar-refractivity contribution in [2.75, 3.05) is 7.11 Å². The van der Waals surface area contributed by atoms with Gasteiger partial charge in [0.15, 0.2) is 0 Å². The molecule has 0 radical (unpaired) electrons. The summed E-state index contributed by atoms with van der Waals surface area (Å²) in [5, 5.41) is 0. The molecule has 0 amide bonds. The first-order valence-corrected chi connectivity index (χ1v) is 15.5. The summed E-state index contributed by atoms with van der Waals surface area (Å²) in [7, 11) is 18.5. The first kappa shape index (κ1) is 12.1. The Kier molecular flexibility index (Phi) is 5.51. The Morgan fingerprint density at radius 1 is 1.55 bits per heavy atom. The maximum absolute atomic E-state index is 10.7. The second-order valence-electron chi connectivity index (χ2n) is 2.22. The van der Waals surface area contributed by atoms with Gasteiger partial charge in [-0.05, 0) is 0 Å². The van der Waals surface area contributed by atoms with Crippen molar-refractivity contribution in [3.8, 4) is 0 Å². The molecule has 0 aromatic rings. The molecular formula is C5H9Cl3O2Sn. The normalized spacial score (nSPS) is 14.3. The zero-order valence-corrected chi connectivity index (χ0v) is 11.4. The van der Waals surface area contributed by atoms with Crippen LogP contribution >= 0.6 is 26.8 Å². The van der Waals surface area contributed by atoms with Crippen molar-refractivity contribution >= 4 is 47.7 Å². The SMILES string of the molecule is COC(=O)C[CH](C)[Sn]([Cl])([Cl])[Cl]. The Bertz CT molecular complexity index is 145. The minimum atomic E-state index is -3.40. The van der Waals surface area contributed by atoms with Crippen LogP contribution in [0.25, 0.3) is 0 Å². The van der Waals surface area contributed by atoms with Crippen LogP contribution in [0, 0.1) is 0 Å². The average Bonchev–Trinajstić information content (AvgIpc) is 1.85. The number of carbonyl (C=O) groups is 1. The third-order valence-corrected chi connectivity index (χ3v) is 12.5. The molecule has 0 rings (SSSR count). The Morgan fingerprint density at radius 3 is 2.27 bits per heavy atom. The average molecular weight is 326 g/mol. The van der Waals surface area contributed by atoms with Gasteiger partial charge in [0.2, 0.25) is 0 Å². The molecular weight excluding hydrogens is 317 g/mol. The second kappa shape index (κ2) is 5.00. The van der Waals surface area contributed by atoms with Crippen LogP contribution in [0.2, 0.25) is 3.93 Å². The van der Waals surface area contributed by atoms with E-state index in [9.17, 15) is 4.79 Å². The fraction of sp³-hybridized carbons (Fsp3) is 0.800. The second-order valence-corrected chi connectivity index (χ2v) is 24.0. The summed E-state index contributed by atoms with van der Waals surface area (Å²) >= 11 is -3.40. The molecule has 11 heavy (non-hydrogen) atoms. The molecule has 0 fully saturated rings. The van der Waals surface area contributed by atoms with Crippen LogP contribution in [-0.2, 0) is 9.53 Å². The van der Waals surface area contributed by atoms with Gasteiger partial charge >= 0.3 is 81.6 Å². The van der Waals surface area contributed by atoms with Crippen molar-refractivity contribution in [1.82, 2.24) is 0 Å². The van der Waals surface area contributed by atoms with Gasteiger partial charge in [0.1, 0.15) is 0 Å². The number of methoxy groups -OCH3 is 1. The quantitative estimate of drug-likeness (QED) is 0.589. The molecule has 0 N–H and O–H groups in total. The summed E-state index contributed by atoms with van der Waals surface area (Å²) in [5.41, 5.74) is 0. The van der Waals surface area contributed by atoms with Gasteiger partial charge in [0.25, 0.3) is 0 Å². The molecule has 0 saturated carbocycles. The molecule has 66 valence electrons. The van der Waals surface area contributed by atoms with E-state index in [0.717, 1.165) is 0 Å². The summed E-state index contributed by atoms with van der Waals surface area (Å²) in [6.07, 6.45) is 0.211. The summed E-state index contributed by atoms with van der Waals surface area (Å²) in [4.78, 5) is 10.7. The first-order valence-electron chi connectivity index (χ1n) is 3.01. The van der Waals surface area contributed by atoms with Crippen LogP contribution in [0.3, 0.4) is 0 Å². The number of hydrogen-bond donors (Lipinski definition) is 0. The molecule has 0 aliphatic rings. The van der Waals surface area contributed by atoms with E-state index in [1.165, 1.54) is 7.11 Å². The van der Waals surface area contributed by atoms with Crippen LogP contribution in [0.15, 0.2) is 0 Å². The third-order valence-electron chi connectivity index (χ3n) is 1.26. The zero-order valence-electron chi connectivity index (χ0n) is 6.23. The molecule has 0 aliphatic heterocycles. The number of ether oxygens (including phenoxy) is 1. The maximum atomic E-state index is 10.7. The molecule has 0 aliphatic carbocycles. The molecule has 0 saturated heterocycles. The molecule has 0 aromatic heterocycles. The van der Waals surface area contributed by atoms with E-state index in [0.29, 0.717) is 0 Å². The van der Waals surface area contributed by atoms with Gasteiger partial charge in [-0.25, -0.2) is 0 Å². The topological polar surface area (TPSA) is 26.3 Å². The van der Waals surface area contributed by atoms with Crippen molar-refractivity contribution in [3.63, 3.8) is 0 Å². The van der Waals surface area contributed by atoms with Crippen LogP contribution in [0.5, 0.6) is 0 Å². The van der Waals surface area contributed by atoms with E-state index in [1.807, 2.05) is 0 Å². The summed E-state index contributed by atoms with van der Waals surface area (Å²) in [5.74, 6) is -0.319. The van der Waals surface area contributed by atoms with Crippen molar-refractivity contribution in [2.45, 2.75) is 17.3 Å². The molecule has 0 aromatic carbocycles. The van der Waals surface area contributed by atoms with E-state index in [4.69, 9.17) is 26.8 Å². The summed E-state index contributed by atoms with van der Waals surface area (Å²) < 4.78 is 4.31. The van der Waals surface area contributed by atoms with Gasteiger partial charge in [0, 0.05) is 0 Å². The molecule has 1 unspecified atom stereocenters. The van der Waals surface area contributed by atoms with Crippen molar-refractivity contribution in [1.29, 1.82) is 0 Å². The van der Waals surface area contributed by atoms with Crippen LogP contribution in [-0.4, -0.2) is 28.1 Å². The van der Waals surface area contributed by atoms with Gasteiger partial charge < -0.3 is 0 Å². The summed E-state index contributed by atoms with van der Waals surface area (Å²) in [6, 6.07) is 0.